The summed E-state index contributed by atoms with van der Waals surface area (Å²) in [6.07, 6.45) is 0. The molecular formula is C12H11NO2. The molecule has 2 rings (SSSR count). The first-order chi connectivity index (χ1) is 7.36. The molecule has 0 bridgehead atoms. The van der Waals surface area contributed by atoms with Crippen molar-refractivity contribution in [2.45, 2.75) is 0 Å². The lowest BCUT2D eigenvalue weighted by atomic mass is 10.3. The fourth-order valence-corrected chi connectivity index (χ4v) is 1.19. The summed E-state index contributed by atoms with van der Waals surface area (Å²) in [6.45, 7) is 0. The zero-order valence-electron chi connectivity index (χ0n) is 8.08. The van der Waals surface area contributed by atoms with Gasteiger partial charge in [-0.25, -0.2) is 0 Å². The minimum Gasteiger partial charge on any atom is -0.354 e. The number of benzene rings is 2. The first kappa shape index (κ1) is 9.55. The molecule has 0 radical (unpaired) electrons. The highest BCUT2D eigenvalue weighted by Gasteiger charge is 2.03. The predicted octanol–water partition coefficient (Wildman–Crippen LogP) is 2.88. The Morgan fingerprint density at radius 2 is 1.33 bits per heavy atom. The van der Waals surface area contributed by atoms with Crippen molar-refractivity contribution in [2.75, 3.05) is 5.23 Å². The number of nitrogens with zero attached hydrogens (tertiary/aromatic N) is 1. The molecule has 0 amide bonds. The van der Waals surface area contributed by atoms with Crippen molar-refractivity contribution >= 4 is 5.69 Å². The molecule has 0 unspecified atom stereocenters. The van der Waals surface area contributed by atoms with Crippen molar-refractivity contribution in [3.8, 4) is 5.75 Å². The van der Waals surface area contributed by atoms with E-state index in [4.69, 9.17) is 4.84 Å². The zero-order chi connectivity index (χ0) is 10.5. The van der Waals surface area contributed by atoms with E-state index in [1.165, 1.54) is 0 Å². The molecule has 0 saturated heterocycles. The van der Waals surface area contributed by atoms with Crippen molar-refractivity contribution in [2.24, 2.45) is 0 Å². The molecular weight excluding hydrogens is 190 g/mol. The third kappa shape index (κ3) is 2.48. The summed E-state index contributed by atoms with van der Waals surface area (Å²) < 4.78 is 0. The Morgan fingerprint density at radius 3 is 1.93 bits per heavy atom. The second kappa shape index (κ2) is 4.48. The van der Waals surface area contributed by atoms with E-state index in [2.05, 4.69) is 0 Å². The van der Waals surface area contributed by atoms with E-state index in [9.17, 15) is 5.21 Å². The van der Waals surface area contributed by atoms with Gasteiger partial charge in [0.05, 0.1) is 0 Å². The van der Waals surface area contributed by atoms with E-state index in [1.54, 1.807) is 24.3 Å². The van der Waals surface area contributed by atoms with Crippen molar-refractivity contribution in [1.82, 2.24) is 0 Å². The second-order valence-electron chi connectivity index (χ2n) is 3.01. The Bertz CT molecular complexity index is 402. The average Bonchev–Trinajstić information content (AvgIpc) is 2.31. The highest BCUT2D eigenvalue weighted by atomic mass is 16.9. The summed E-state index contributed by atoms with van der Waals surface area (Å²) in [5, 5.41) is 10.3. The van der Waals surface area contributed by atoms with Gasteiger partial charge in [-0.1, -0.05) is 41.6 Å². The van der Waals surface area contributed by atoms with Crippen LogP contribution in [0, 0.1) is 0 Å². The van der Waals surface area contributed by atoms with Crippen LogP contribution in [0.25, 0.3) is 0 Å². The Balaban J connectivity index is 2.08. The molecule has 0 fully saturated rings. The molecule has 0 spiro atoms. The first-order valence-electron chi connectivity index (χ1n) is 4.63. The summed E-state index contributed by atoms with van der Waals surface area (Å²) >= 11 is 0. The van der Waals surface area contributed by atoms with Crippen LogP contribution in [0.3, 0.4) is 0 Å². The van der Waals surface area contributed by atoms with Crippen LogP contribution in [0.15, 0.2) is 60.7 Å². The minimum atomic E-state index is 0.585. The van der Waals surface area contributed by atoms with Crippen molar-refractivity contribution in [3.05, 3.63) is 60.7 Å². The van der Waals surface area contributed by atoms with Gasteiger partial charge in [-0.3, -0.25) is 5.21 Å². The van der Waals surface area contributed by atoms with E-state index < -0.39 is 0 Å². The Kier molecular flexibility index (Phi) is 2.85. The van der Waals surface area contributed by atoms with E-state index >= 15 is 0 Å². The normalized spacial score (nSPS) is 9.67. The maximum atomic E-state index is 9.59. The third-order valence-electron chi connectivity index (χ3n) is 1.91. The van der Waals surface area contributed by atoms with Crippen LogP contribution in [0.1, 0.15) is 0 Å². The quantitative estimate of drug-likeness (QED) is 0.775. The van der Waals surface area contributed by atoms with Gasteiger partial charge in [-0.05, 0) is 24.3 Å². The standard InChI is InChI=1S/C12H11NO2/c14-13(11-7-3-1-4-8-11)15-12-9-5-2-6-10-12/h1-10,14H. The summed E-state index contributed by atoms with van der Waals surface area (Å²) in [7, 11) is 0. The molecule has 0 aliphatic rings. The molecule has 0 atom stereocenters. The molecule has 15 heavy (non-hydrogen) atoms. The van der Waals surface area contributed by atoms with Gasteiger partial charge < -0.3 is 4.84 Å². The van der Waals surface area contributed by atoms with Gasteiger partial charge in [0.2, 0.25) is 0 Å². The first-order valence-corrected chi connectivity index (χ1v) is 4.63. The maximum Gasteiger partial charge on any atom is 0.158 e. The number of hydrogen-bond acceptors (Lipinski definition) is 3. The Morgan fingerprint density at radius 1 is 0.800 bits per heavy atom. The smallest absolute Gasteiger partial charge is 0.158 e. The summed E-state index contributed by atoms with van der Waals surface area (Å²) in [6, 6.07) is 18.1. The monoisotopic (exact) mass is 201 g/mol. The number of para-hydroxylation sites is 2. The summed E-state index contributed by atoms with van der Waals surface area (Å²) in [5.74, 6) is 0.587. The van der Waals surface area contributed by atoms with Crippen LogP contribution < -0.4 is 10.1 Å². The lowest BCUT2D eigenvalue weighted by Gasteiger charge is -2.16. The van der Waals surface area contributed by atoms with Gasteiger partial charge in [-0.2, -0.15) is 0 Å². The van der Waals surface area contributed by atoms with Crippen LogP contribution in [0.4, 0.5) is 5.69 Å². The molecule has 1 N–H and O–H groups in total. The molecule has 3 heteroatoms. The fraction of sp³-hybridized carbons (Fsp3) is 0. The van der Waals surface area contributed by atoms with Crippen LogP contribution in [-0.4, -0.2) is 5.21 Å². The van der Waals surface area contributed by atoms with E-state index in [1.807, 2.05) is 36.4 Å². The van der Waals surface area contributed by atoms with Gasteiger partial charge in [0.1, 0.15) is 5.69 Å². The molecule has 2 aromatic carbocycles. The average molecular weight is 201 g/mol. The molecule has 0 heterocycles. The third-order valence-corrected chi connectivity index (χ3v) is 1.91. The van der Waals surface area contributed by atoms with Gasteiger partial charge in [0, 0.05) is 0 Å². The molecule has 0 aliphatic carbocycles. The Labute approximate surface area is 88.1 Å². The molecule has 3 nitrogen and oxygen atoms in total. The molecule has 76 valence electrons. The molecule has 0 aliphatic heterocycles. The SMILES string of the molecule is ON(Oc1ccccc1)c1ccccc1. The van der Waals surface area contributed by atoms with Crippen molar-refractivity contribution < 1.29 is 10.0 Å². The van der Waals surface area contributed by atoms with Crippen molar-refractivity contribution in [1.29, 1.82) is 0 Å². The zero-order valence-corrected chi connectivity index (χ0v) is 8.08. The van der Waals surface area contributed by atoms with Crippen LogP contribution in [-0.2, 0) is 0 Å². The number of hydrogen-bond donors (Lipinski definition) is 1. The molecule has 2 aromatic rings. The fourth-order valence-electron chi connectivity index (χ4n) is 1.19. The number of anilines is 1. The van der Waals surface area contributed by atoms with E-state index in [-0.39, 0.29) is 0 Å². The van der Waals surface area contributed by atoms with Gasteiger partial charge in [-0.15, -0.1) is 0 Å². The lowest BCUT2D eigenvalue weighted by Crippen LogP contribution is -2.22. The molecule has 0 saturated carbocycles. The Hall–Kier alpha value is -2.00. The minimum absolute atomic E-state index is 0.585. The van der Waals surface area contributed by atoms with E-state index in [0.717, 1.165) is 5.23 Å². The van der Waals surface area contributed by atoms with Gasteiger partial charge in [0.25, 0.3) is 0 Å². The van der Waals surface area contributed by atoms with Gasteiger partial charge >= 0.3 is 0 Å². The van der Waals surface area contributed by atoms with Crippen LogP contribution in [0.5, 0.6) is 5.75 Å². The van der Waals surface area contributed by atoms with Gasteiger partial charge in [0.15, 0.2) is 5.75 Å². The highest BCUT2D eigenvalue weighted by molar-refractivity contribution is 5.41. The molecule has 0 aromatic heterocycles. The topological polar surface area (TPSA) is 32.7 Å². The van der Waals surface area contributed by atoms with Crippen molar-refractivity contribution in [3.63, 3.8) is 0 Å². The van der Waals surface area contributed by atoms with Crippen LogP contribution in [0.2, 0.25) is 0 Å². The summed E-state index contributed by atoms with van der Waals surface area (Å²) in [5.41, 5.74) is 0.585. The maximum absolute atomic E-state index is 9.59. The van der Waals surface area contributed by atoms with E-state index in [0.29, 0.717) is 11.4 Å². The predicted molar refractivity (Wildman–Crippen MR) is 57.8 cm³/mol. The second-order valence-corrected chi connectivity index (χ2v) is 3.01. The largest absolute Gasteiger partial charge is 0.354 e. The van der Waals surface area contributed by atoms with Crippen LogP contribution >= 0.6 is 0 Å². The summed E-state index contributed by atoms with van der Waals surface area (Å²) in [4.78, 5) is 5.19. The highest BCUT2D eigenvalue weighted by Crippen LogP contribution is 2.15. The lowest BCUT2D eigenvalue weighted by molar-refractivity contribution is 0.0510. The number of rotatable bonds is 3.